The van der Waals surface area contributed by atoms with E-state index >= 15 is 0 Å². The fourth-order valence-electron chi connectivity index (χ4n) is 4.43. The number of benzene rings is 3. The van der Waals surface area contributed by atoms with Crippen LogP contribution in [0.1, 0.15) is 55.9 Å². The zero-order chi connectivity index (χ0) is 27.6. The summed E-state index contributed by atoms with van der Waals surface area (Å²) in [6, 6.07) is 21.1. The van der Waals surface area contributed by atoms with Gasteiger partial charge in [-0.15, -0.1) is 0 Å². The molecule has 2 N–H and O–H groups in total. The average molecular weight is 530 g/mol. The van der Waals surface area contributed by atoms with Crippen LogP contribution in [0.15, 0.2) is 77.4 Å². The first kappa shape index (κ1) is 27.9. The molecular weight excluding hydrogens is 494 g/mol. The molecule has 7 heteroatoms. The van der Waals surface area contributed by atoms with Crippen molar-refractivity contribution in [3.05, 3.63) is 89.7 Å². The summed E-state index contributed by atoms with van der Waals surface area (Å²) in [4.78, 5) is 25.1. The Morgan fingerprint density at radius 2 is 1.79 bits per heavy atom. The quantitative estimate of drug-likeness (QED) is 0.155. The summed E-state index contributed by atoms with van der Waals surface area (Å²) in [6.07, 6.45) is 2.77. The molecule has 4 aromatic rings. The molecule has 204 valence electrons. The molecule has 0 saturated heterocycles. The van der Waals surface area contributed by atoms with Gasteiger partial charge in [-0.2, -0.15) is 0 Å². The number of rotatable bonds is 13. The van der Waals surface area contributed by atoms with Crippen LogP contribution in [0.3, 0.4) is 0 Å². The highest BCUT2D eigenvalue weighted by Gasteiger charge is 2.23. The van der Waals surface area contributed by atoms with Gasteiger partial charge in [0, 0.05) is 23.1 Å². The third-order valence-corrected chi connectivity index (χ3v) is 6.41. The van der Waals surface area contributed by atoms with Gasteiger partial charge in [-0.3, -0.25) is 9.59 Å². The van der Waals surface area contributed by atoms with E-state index in [1.807, 2.05) is 67.6 Å². The maximum atomic E-state index is 12.9. The molecule has 1 aromatic heterocycles. The molecule has 0 amide bonds. The summed E-state index contributed by atoms with van der Waals surface area (Å²) >= 11 is 0. The highest BCUT2D eigenvalue weighted by Crippen LogP contribution is 2.36. The van der Waals surface area contributed by atoms with Crippen molar-refractivity contribution in [3.63, 3.8) is 0 Å². The second-order valence-electron chi connectivity index (χ2n) is 9.29. The lowest BCUT2D eigenvalue weighted by molar-refractivity contribution is -0.146. The molecule has 0 radical (unpaired) electrons. The lowest BCUT2D eigenvalue weighted by Crippen LogP contribution is -2.17. The predicted octanol–water partition coefficient (Wildman–Crippen LogP) is 6.52. The van der Waals surface area contributed by atoms with Crippen LogP contribution in [0.25, 0.3) is 22.1 Å². The van der Waals surface area contributed by atoms with E-state index in [-0.39, 0.29) is 24.8 Å². The van der Waals surface area contributed by atoms with Gasteiger partial charge in [0.2, 0.25) is 0 Å². The van der Waals surface area contributed by atoms with E-state index in [4.69, 9.17) is 24.4 Å². The van der Waals surface area contributed by atoms with E-state index in [1.165, 1.54) is 0 Å². The van der Waals surface area contributed by atoms with Crippen LogP contribution in [0.5, 0.6) is 5.75 Å². The number of para-hydroxylation sites is 1. The average Bonchev–Trinajstić information content (AvgIpc) is 3.42. The van der Waals surface area contributed by atoms with Crippen LogP contribution in [0, 0.1) is 0 Å². The molecular formula is C32H35NO6. The number of esters is 2. The minimum Gasteiger partial charge on any atom is -0.485 e. The molecule has 7 nitrogen and oxygen atoms in total. The first-order chi connectivity index (χ1) is 19.0. The number of unbranched alkanes of at least 4 members (excludes halogenated alkanes) is 1. The normalized spacial score (nSPS) is 11.8. The van der Waals surface area contributed by atoms with Gasteiger partial charge in [0.15, 0.2) is 0 Å². The van der Waals surface area contributed by atoms with E-state index < -0.39 is 6.10 Å². The smallest absolute Gasteiger partial charge is 0.310 e. The third-order valence-electron chi connectivity index (χ3n) is 6.41. The molecule has 1 heterocycles. The maximum Gasteiger partial charge on any atom is 0.310 e. The molecule has 0 fully saturated rings. The molecule has 39 heavy (non-hydrogen) atoms. The number of furan rings is 1. The molecule has 1 atom stereocenters. The minimum absolute atomic E-state index is 0.00307. The molecule has 0 spiro atoms. The Morgan fingerprint density at radius 1 is 0.949 bits per heavy atom. The molecule has 0 saturated carbocycles. The van der Waals surface area contributed by atoms with Crippen molar-refractivity contribution in [2.45, 2.75) is 52.2 Å². The summed E-state index contributed by atoms with van der Waals surface area (Å²) in [5, 5.41) is 0.883. The third kappa shape index (κ3) is 7.27. The van der Waals surface area contributed by atoms with Crippen LogP contribution in [-0.2, 0) is 32.0 Å². The lowest BCUT2D eigenvalue weighted by atomic mass is 9.95. The second kappa shape index (κ2) is 13.6. The fourth-order valence-corrected chi connectivity index (χ4v) is 4.43. The Kier molecular flexibility index (Phi) is 9.75. The SMILES string of the molecule is CCCCOC(=O)CC(Oc1ccccc1CC(=O)OCC)c1cc(-c2cccc(CN)c2)c2occc2c1. The monoisotopic (exact) mass is 529 g/mol. The number of hydrogen-bond donors (Lipinski definition) is 1. The van der Waals surface area contributed by atoms with Crippen LogP contribution < -0.4 is 10.5 Å². The Morgan fingerprint density at radius 3 is 2.59 bits per heavy atom. The van der Waals surface area contributed by atoms with Crippen LogP contribution in [0.4, 0.5) is 0 Å². The summed E-state index contributed by atoms with van der Waals surface area (Å²) in [7, 11) is 0. The van der Waals surface area contributed by atoms with Crippen molar-refractivity contribution in [1.82, 2.24) is 0 Å². The molecule has 0 aliphatic rings. The largest absolute Gasteiger partial charge is 0.485 e. The second-order valence-corrected chi connectivity index (χ2v) is 9.29. The van der Waals surface area contributed by atoms with Gasteiger partial charge in [0.05, 0.1) is 32.3 Å². The van der Waals surface area contributed by atoms with Gasteiger partial charge in [-0.25, -0.2) is 0 Å². The summed E-state index contributed by atoms with van der Waals surface area (Å²) < 4.78 is 23.0. The topological polar surface area (TPSA) is 101 Å². The Labute approximate surface area is 228 Å². The first-order valence-electron chi connectivity index (χ1n) is 13.4. The zero-order valence-corrected chi connectivity index (χ0v) is 22.5. The molecule has 0 bridgehead atoms. The molecule has 1 unspecified atom stereocenters. The number of carbonyl (C=O) groups is 2. The van der Waals surface area contributed by atoms with Gasteiger partial charge in [0.25, 0.3) is 0 Å². The number of fused-ring (bicyclic) bond motifs is 1. The number of hydrogen-bond acceptors (Lipinski definition) is 7. The molecule has 0 aliphatic heterocycles. The first-order valence-corrected chi connectivity index (χ1v) is 13.4. The van der Waals surface area contributed by atoms with Crippen LogP contribution >= 0.6 is 0 Å². The Balaban J connectivity index is 1.74. The van der Waals surface area contributed by atoms with E-state index in [2.05, 4.69) is 0 Å². The summed E-state index contributed by atoms with van der Waals surface area (Å²) in [5.74, 6) is -0.183. The molecule has 3 aromatic carbocycles. The van der Waals surface area contributed by atoms with Crippen LogP contribution in [0.2, 0.25) is 0 Å². The van der Waals surface area contributed by atoms with Crippen molar-refractivity contribution in [2.75, 3.05) is 13.2 Å². The summed E-state index contributed by atoms with van der Waals surface area (Å²) in [6.45, 7) is 4.89. The van der Waals surface area contributed by atoms with Crippen molar-refractivity contribution in [1.29, 1.82) is 0 Å². The van der Waals surface area contributed by atoms with Crippen LogP contribution in [-0.4, -0.2) is 25.2 Å². The maximum absolute atomic E-state index is 12.9. The van der Waals surface area contributed by atoms with E-state index in [0.29, 0.717) is 31.1 Å². The fraction of sp³-hybridized carbons (Fsp3) is 0.312. The number of carbonyl (C=O) groups excluding carboxylic acids is 2. The van der Waals surface area contributed by atoms with Gasteiger partial charge < -0.3 is 24.4 Å². The highest BCUT2D eigenvalue weighted by atomic mass is 16.5. The molecule has 4 rings (SSSR count). The van der Waals surface area contributed by atoms with Gasteiger partial charge in [-0.05, 0) is 60.4 Å². The van der Waals surface area contributed by atoms with Crippen molar-refractivity contribution in [3.8, 4) is 16.9 Å². The lowest BCUT2D eigenvalue weighted by Gasteiger charge is -2.22. The Hall–Kier alpha value is -4.10. The van der Waals surface area contributed by atoms with E-state index in [1.54, 1.807) is 19.3 Å². The Bertz CT molecular complexity index is 1410. The minimum atomic E-state index is -0.668. The summed E-state index contributed by atoms with van der Waals surface area (Å²) in [5.41, 5.74) is 10.9. The van der Waals surface area contributed by atoms with Crippen molar-refractivity contribution in [2.24, 2.45) is 5.73 Å². The van der Waals surface area contributed by atoms with Crippen molar-refractivity contribution < 1.29 is 28.2 Å². The van der Waals surface area contributed by atoms with E-state index in [0.717, 1.165) is 46.1 Å². The van der Waals surface area contributed by atoms with Gasteiger partial charge >= 0.3 is 11.9 Å². The predicted molar refractivity (Wildman–Crippen MR) is 150 cm³/mol. The van der Waals surface area contributed by atoms with Gasteiger partial charge in [-0.1, -0.05) is 49.7 Å². The van der Waals surface area contributed by atoms with Crippen molar-refractivity contribution >= 4 is 22.9 Å². The molecule has 0 aliphatic carbocycles. The highest BCUT2D eigenvalue weighted by molar-refractivity contribution is 5.93. The van der Waals surface area contributed by atoms with E-state index in [9.17, 15) is 9.59 Å². The number of nitrogens with two attached hydrogens (primary N) is 1. The number of ether oxygens (including phenoxy) is 3. The standard InChI is InChI=1S/C32H35NO6/c1-3-5-14-37-31(35)20-29(39-28-12-7-6-10-24(28)19-30(34)36-4-2)26-17-25-13-15-38-32(25)27(18-26)23-11-8-9-22(16-23)21-33/h6-13,15-18,29H,3-5,14,19-21,33H2,1-2H3. The zero-order valence-electron chi connectivity index (χ0n) is 22.5. The van der Waals surface area contributed by atoms with Gasteiger partial charge in [0.1, 0.15) is 17.4 Å².